The maximum atomic E-state index is 12.5. The summed E-state index contributed by atoms with van der Waals surface area (Å²) in [5.74, 6) is 4.61. The van der Waals surface area contributed by atoms with Gasteiger partial charge in [0.05, 0.1) is 6.61 Å². The Morgan fingerprint density at radius 1 is 0.938 bits per heavy atom. The first kappa shape index (κ1) is 23.6. The van der Waals surface area contributed by atoms with Crippen molar-refractivity contribution in [1.29, 1.82) is 0 Å². The summed E-state index contributed by atoms with van der Waals surface area (Å²) in [5.41, 5.74) is 0.104. The lowest BCUT2D eigenvalue weighted by atomic mass is 10.1. The number of carbonyl (C=O) groups excluding carboxylic acids is 1. The van der Waals surface area contributed by atoms with Crippen molar-refractivity contribution in [1.82, 2.24) is 5.01 Å². The number of amides is 1. The van der Waals surface area contributed by atoms with Gasteiger partial charge in [-0.15, -0.1) is 0 Å². The van der Waals surface area contributed by atoms with Gasteiger partial charge in [0.15, 0.2) is 5.37 Å². The fourth-order valence-electron chi connectivity index (χ4n) is 3.16. The molecule has 0 saturated carbocycles. The molecule has 10 nitrogen and oxygen atoms in total. The van der Waals surface area contributed by atoms with Crippen molar-refractivity contribution < 1.29 is 35.5 Å². The molecule has 32 heavy (non-hydrogen) atoms. The van der Waals surface area contributed by atoms with E-state index >= 15 is 0 Å². The zero-order chi connectivity index (χ0) is 23.5. The molecule has 12 heteroatoms. The van der Waals surface area contributed by atoms with Crippen molar-refractivity contribution in [3.05, 3.63) is 72.3 Å². The standard InChI is InChI=1S/C20H20N2O8S2/c21-22(20(23)15-7-2-1-3-8-15)18(31(24,25)26)12-13-30-17-11-10-14-6-4-5-9-16(14)19(17)32(27,28)29/h1-11,18H,12-13,21H2,(H,24,25,26)(H,27,28,29). The normalized spacial score (nSPS) is 13.0. The summed E-state index contributed by atoms with van der Waals surface area (Å²) in [6.07, 6.45) is -0.481. The maximum Gasteiger partial charge on any atom is 0.298 e. The van der Waals surface area contributed by atoms with Crippen LogP contribution < -0.4 is 10.6 Å². The van der Waals surface area contributed by atoms with E-state index in [-0.39, 0.29) is 16.7 Å². The van der Waals surface area contributed by atoms with Gasteiger partial charge in [0.1, 0.15) is 10.6 Å². The summed E-state index contributed by atoms with van der Waals surface area (Å²) in [4.78, 5) is 12.0. The van der Waals surface area contributed by atoms with Crippen LogP contribution in [0.5, 0.6) is 5.75 Å². The van der Waals surface area contributed by atoms with Crippen molar-refractivity contribution in [3.63, 3.8) is 0 Å². The first-order valence-electron chi connectivity index (χ1n) is 9.22. The molecule has 0 fully saturated rings. The Hall–Kier alpha value is -3.03. The predicted molar refractivity (Wildman–Crippen MR) is 116 cm³/mol. The first-order chi connectivity index (χ1) is 15.0. The minimum Gasteiger partial charge on any atom is -0.492 e. The molecule has 0 aliphatic heterocycles. The van der Waals surface area contributed by atoms with Gasteiger partial charge in [-0.2, -0.15) is 16.8 Å². The summed E-state index contributed by atoms with van der Waals surface area (Å²) in [5, 5.41) is -0.744. The zero-order valence-corrected chi connectivity index (χ0v) is 18.2. The molecule has 0 aromatic heterocycles. The van der Waals surface area contributed by atoms with E-state index in [1.54, 1.807) is 42.5 Å². The van der Waals surface area contributed by atoms with E-state index in [9.17, 15) is 30.7 Å². The second kappa shape index (κ2) is 9.22. The molecule has 3 aromatic carbocycles. The van der Waals surface area contributed by atoms with Gasteiger partial charge in [-0.25, -0.2) is 5.84 Å². The highest BCUT2D eigenvalue weighted by Crippen LogP contribution is 2.32. The van der Waals surface area contributed by atoms with Crippen molar-refractivity contribution in [3.8, 4) is 5.75 Å². The smallest absolute Gasteiger partial charge is 0.298 e. The van der Waals surface area contributed by atoms with E-state index in [2.05, 4.69) is 0 Å². The summed E-state index contributed by atoms with van der Waals surface area (Å²) < 4.78 is 72.2. The molecule has 3 rings (SSSR count). The van der Waals surface area contributed by atoms with Crippen LogP contribution in [0.4, 0.5) is 0 Å². The number of fused-ring (bicyclic) bond motifs is 1. The summed E-state index contributed by atoms with van der Waals surface area (Å²) >= 11 is 0. The van der Waals surface area contributed by atoms with Gasteiger partial charge < -0.3 is 4.74 Å². The highest BCUT2D eigenvalue weighted by Gasteiger charge is 2.32. The van der Waals surface area contributed by atoms with Gasteiger partial charge in [0.25, 0.3) is 26.1 Å². The molecule has 1 atom stereocenters. The van der Waals surface area contributed by atoms with Crippen molar-refractivity contribution >= 4 is 36.9 Å². The number of nitrogens with zero attached hydrogens (tertiary/aromatic N) is 1. The van der Waals surface area contributed by atoms with Crippen molar-refractivity contribution in [2.75, 3.05) is 6.61 Å². The van der Waals surface area contributed by atoms with Gasteiger partial charge in [-0.05, 0) is 23.6 Å². The third kappa shape index (κ3) is 5.23. The largest absolute Gasteiger partial charge is 0.492 e. The Labute approximate surface area is 184 Å². The average molecular weight is 481 g/mol. The summed E-state index contributed by atoms with van der Waals surface area (Å²) in [6, 6.07) is 16.9. The highest BCUT2D eigenvalue weighted by molar-refractivity contribution is 7.86. The fourth-order valence-corrected chi connectivity index (χ4v) is 4.79. The second-order valence-electron chi connectivity index (χ2n) is 6.77. The number of hydrogen-bond acceptors (Lipinski definition) is 7. The monoisotopic (exact) mass is 480 g/mol. The van der Waals surface area contributed by atoms with Gasteiger partial charge in [-0.3, -0.25) is 18.9 Å². The van der Waals surface area contributed by atoms with Crippen molar-refractivity contribution in [2.24, 2.45) is 5.84 Å². The molecule has 3 aromatic rings. The molecule has 170 valence electrons. The molecular formula is C20H20N2O8S2. The summed E-state index contributed by atoms with van der Waals surface area (Å²) in [7, 11) is -9.50. The number of rotatable bonds is 8. The van der Waals surface area contributed by atoms with Crippen LogP contribution in [-0.2, 0) is 20.2 Å². The number of benzene rings is 3. The van der Waals surface area contributed by atoms with Gasteiger partial charge in [0.2, 0.25) is 0 Å². The number of ether oxygens (including phenoxy) is 1. The molecule has 0 aliphatic rings. The molecule has 1 amide bonds. The Morgan fingerprint density at radius 3 is 2.19 bits per heavy atom. The predicted octanol–water partition coefficient (Wildman–Crippen LogP) is 2.09. The van der Waals surface area contributed by atoms with E-state index in [1.807, 2.05) is 0 Å². The fraction of sp³-hybridized carbons (Fsp3) is 0.150. The Morgan fingerprint density at radius 2 is 1.56 bits per heavy atom. The van der Waals surface area contributed by atoms with E-state index in [0.29, 0.717) is 10.4 Å². The molecule has 0 saturated heterocycles. The molecule has 4 N–H and O–H groups in total. The third-order valence-corrected chi connectivity index (χ3v) is 6.72. The van der Waals surface area contributed by atoms with Crippen LogP contribution in [0.15, 0.2) is 71.6 Å². The Balaban J connectivity index is 1.84. The number of carbonyl (C=O) groups is 1. The van der Waals surface area contributed by atoms with E-state index < -0.39 is 49.4 Å². The molecule has 0 radical (unpaired) electrons. The first-order valence-corrected chi connectivity index (χ1v) is 12.2. The Kier molecular flexibility index (Phi) is 6.81. The molecule has 0 heterocycles. The van der Waals surface area contributed by atoms with Crippen molar-refractivity contribution in [2.45, 2.75) is 16.7 Å². The topological polar surface area (TPSA) is 164 Å². The molecular weight excluding hydrogens is 460 g/mol. The van der Waals surface area contributed by atoms with Crippen LogP contribution in [0, 0.1) is 0 Å². The number of nitrogens with two attached hydrogens (primary N) is 1. The van der Waals surface area contributed by atoms with E-state index in [1.165, 1.54) is 24.3 Å². The summed E-state index contributed by atoms with van der Waals surface area (Å²) in [6.45, 7) is -0.443. The van der Waals surface area contributed by atoms with Crippen LogP contribution >= 0.6 is 0 Å². The second-order valence-corrected chi connectivity index (χ2v) is 9.71. The van der Waals surface area contributed by atoms with E-state index in [4.69, 9.17) is 10.6 Å². The zero-order valence-electron chi connectivity index (χ0n) is 16.5. The van der Waals surface area contributed by atoms with Crippen LogP contribution in [0.2, 0.25) is 0 Å². The molecule has 0 spiro atoms. The lowest BCUT2D eigenvalue weighted by Crippen LogP contribution is -2.50. The lowest BCUT2D eigenvalue weighted by Gasteiger charge is -2.25. The highest BCUT2D eigenvalue weighted by atomic mass is 32.2. The SMILES string of the molecule is NN(C(=O)c1ccccc1)C(CCOc1ccc2ccccc2c1S(=O)(=O)O)S(=O)(=O)O. The minimum atomic E-state index is -4.81. The van der Waals surface area contributed by atoms with Gasteiger partial charge in [0, 0.05) is 17.4 Å². The van der Waals surface area contributed by atoms with E-state index in [0.717, 1.165) is 0 Å². The number of hydrogen-bond donors (Lipinski definition) is 3. The lowest BCUT2D eigenvalue weighted by molar-refractivity contribution is 0.0709. The maximum absolute atomic E-state index is 12.5. The van der Waals surface area contributed by atoms with Crippen LogP contribution in [-0.4, -0.2) is 48.8 Å². The molecule has 0 aliphatic carbocycles. The third-order valence-electron chi connectivity index (χ3n) is 4.63. The van der Waals surface area contributed by atoms with Gasteiger partial charge in [-0.1, -0.05) is 48.5 Å². The van der Waals surface area contributed by atoms with Crippen LogP contribution in [0.3, 0.4) is 0 Å². The van der Waals surface area contributed by atoms with Crippen LogP contribution in [0.25, 0.3) is 10.8 Å². The van der Waals surface area contributed by atoms with Crippen LogP contribution in [0.1, 0.15) is 16.8 Å². The molecule has 1 unspecified atom stereocenters. The van der Waals surface area contributed by atoms with Gasteiger partial charge >= 0.3 is 0 Å². The molecule has 0 bridgehead atoms. The average Bonchev–Trinajstić information content (AvgIpc) is 2.74. The minimum absolute atomic E-state index is 0.104. The Bertz CT molecular complexity index is 1340. The number of hydrazine groups is 1. The quantitative estimate of drug-likeness (QED) is 0.189.